The summed E-state index contributed by atoms with van der Waals surface area (Å²) in [6.45, 7) is 9.71. The normalized spacial score (nSPS) is 17.1. The molecule has 3 heteroatoms. The number of amides is 1. The predicted molar refractivity (Wildman–Crippen MR) is 78.3 cm³/mol. The summed E-state index contributed by atoms with van der Waals surface area (Å²) in [6, 6.07) is 8.28. The first kappa shape index (κ1) is 14.1. The molecule has 1 fully saturated rings. The summed E-state index contributed by atoms with van der Waals surface area (Å²) in [5.74, 6) is 0.238. The number of nitrogens with zero attached hydrogens (tertiary/aromatic N) is 1. The molecule has 1 aliphatic rings. The van der Waals surface area contributed by atoms with Crippen LogP contribution in [0.25, 0.3) is 0 Å². The molecule has 1 aromatic carbocycles. The largest absolute Gasteiger partial charge is 0.341 e. The second-order valence-electron chi connectivity index (χ2n) is 5.89. The van der Waals surface area contributed by atoms with Gasteiger partial charge in [0.2, 0.25) is 5.91 Å². The fraction of sp³-hybridized carbons (Fsp3) is 0.562. The topological polar surface area (TPSA) is 32.3 Å². The first-order chi connectivity index (χ1) is 9.01. The molecule has 1 amide bonds. The maximum absolute atomic E-state index is 12.8. The smallest absolute Gasteiger partial charge is 0.232 e. The molecule has 1 aliphatic heterocycles. The van der Waals surface area contributed by atoms with E-state index in [1.165, 1.54) is 5.56 Å². The van der Waals surface area contributed by atoms with Crippen molar-refractivity contribution < 1.29 is 4.79 Å². The molecule has 3 nitrogen and oxygen atoms in total. The van der Waals surface area contributed by atoms with E-state index in [2.05, 4.69) is 30.4 Å². The van der Waals surface area contributed by atoms with Crippen LogP contribution in [0.1, 0.15) is 31.4 Å². The Morgan fingerprint density at radius 3 is 2.79 bits per heavy atom. The van der Waals surface area contributed by atoms with E-state index in [-0.39, 0.29) is 5.91 Å². The first-order valence-corrected chi connectivity index (χ1v) is 7.09. The molecule has 0 aromatic heterocycles. The Morgan fingerprint density at radius 1 is 1.26 bits per heavy atom. The van der Waals surface area contributed by atoms with Crippen molar-refractivity contribution in [3.8, 4) is 0 Å². The molecular formula is C16H24N2O. The molecule has 2 rings (SSSR count). The van der Waals surface area contributed by atoms with Gasteiger partial charge < -0.3 is 10.2 Å². The molecule has 0 unspecified atom stereocenters. The number of carbonyl (C=O) groups is 1. The lowest BCUT2D eigenvalue weighted by Crippen LogP contribution is -2.45. The third kappa shape index (κ3) is 3.16. The molecule has 1 N–H and O–H groups in total. The van der Waals surface area contributed by atoms with Crippen LogP contribution in [0.5, 0.6) is 0 Å². The summed E-state index contributed by atoms with van der Waals surface area (Å²) in [5, 5.41) is 3.34. The van der Waals surface area contributed by atoms with Gasteiger partial charge in [0.15, 0.2) is 0 Å². The van der Waals surface area contributed by atoms with Crippen LogP contribution in [-0.2, 0) is 10.2 Å². The first-order valence-electron chi connectivity index (χ1n) is 7.09. The van der Waals surface area contributed by atoms with Gasteiger partial charge in [-0.2, -0.15) is 0 Å². The Kier molecular flexibility index (Phi) is 4.25. The number of rotatable bonds is 2. The Hall–Kier alpha value is -1.35. The van der Waals surface area contributed by atoms with E-state index in [0.717, 1.165) is 38.2 Å². The Morgan fingerprint density at radius 2 is 2.05 bits per heavy atom. The van der Waals surface area contributed by atoms with Crippen molar-refractivity contribution in [1.82, 2.24) is 10.2 Å². The number of aryl methyl sites for hydroxylation is 1. The van der Waals surface area contributed by atoms with Crippen molar-refractivity contribution in [2.24, 2.45) is 0 Å². The minimum atomic E-state index is -0.448. The number of benzene rings is 1. The zero-order chi connectivity index (χ0) is 13.9. The maximum atomic E-state index is 12.8. The van der Waals surface area contributed by atoms with Crippen molar-refractivity contribution in [3.05, 3.63) is 35.4 Å². The van der Waals surface area contributed by atoms with Gasteiger partial charge in [-0.05, 0) is 39.3 Å². The van der Waals surface area contributed by atoms with Crippen LogP contribution in [0.3, 0.4) is 0 Å². The van der Waals surface area contributed by atoms with E-state index in [0.29, 0.717) is 0 Å². The summed E-state index contributed by atoms with van der Waals surface area (Å²) >= 11 is 0. The molecule has 1 heterocycles. The zero-order valence-electron chi connectivity index (χ0n) is 12.2. The fourth-order valence-corrected chi connectivity index (χ4v) is 2.60. The summed E-state index contributed by atoms with van der Waals surface area (Å²) in [6.07, 6.45) is 1.04. The number of carbonyl (C=O) groups excluding carboxylic acids is 1. The summed E-state index contributed by atoms with van der Waals surface area (Å²) in [4.78, 5) is 14.8. The van der Waals surface area contributed by atoms with E-state index in [4.69, 9.17) is 0 Å². The predicted octanol–water partition coefficient (Wildman–Crippen LogP) is 2.09. The third-order valence-corrected chi connectivity index (χ3v) is 3.90. The van der Waals surface area contributed by atoms with Crippen LogP contribution in [-0.4, -0.2) is 37.0 Å². The van der Waals surface area contributed by atoms with E-state index in [9.17, 15) is 4.79 Å². The van der Waals surface area contributed by atoms with Gasteiger partial charge in [0, 0.05) is 19.6 Å². The average molecular weight is 260 g/mol. The number of hydrogen-bond acceptors (Lipinski definition) is 2. The highest BCUT2D eigenvalue weighted by molar-refractivity contribution is 5.87. The lowest BCUT2D eigenvalue weighted by molar-refractivity contribution is -0.136. The molecule has 0 spiro atoms. The van der Waals surface area contributed by atoms with Crippen molar-refractivity contribution in [2.45, 2.75) is 32.6 Å². The van der Waals surface area contributed by atoms with E-state index >= 15 is 0 Å². The zero-order valence-corrected chi connectivity index (χ0v) is 12.2. The van der Waals surface area contributed by atoms with Gasteiger partial charge in [-0.3, -0.25) is 4.79 Å². The number of hydrogen-bond donors (Lipinski definition) is 1. The highest BCUT2D eigenvalue weighted by Gasteiger charge is 2.33. The van der Waals surface area contributed by atoms with Crippen LogP contribution in [0.2, 0.25) is 0 Å². The van der Waals surface area contributed by atoms with Gasteiger partial charge in [-0.15, -0.1) is 0 Å². The lowest BCUT2D eigenvalue weighted by atomic mass is 9.82. The van der Waals surface area contributed by atoms with Gasteiger partial charge in [-0.1, -0.05) is 29.8 Å². The van der Waals surface area contributed by atoms with E-state index in [1.807, 2.05) is 24.8 Å². The Bertz CT molecular complexity index is 446. The van der Waals surface area contributed by atoms with Gasteiger partial charge in [0.25, 0.3) is 0 Å². The van der Waals surface area contributed by atoms with Crippen molar-refractivity contribution in [2.75, 3.05) is 26.2 Å². The summed E-state index contributed by atoms with van der Waals surface area (Å²) in [5.41, 5.74) is 1.86. The highest BCUT2D eigenvalue weighted by atomic mass is 16.2. The summed E-state index contributed by atoms with van der Waals surface area (Å²) < 4.78 is 0. The molecule has 0 saturated carbocycles. The third-order valence-electron chi connectivity index (χ3n) is 3.90. The highest BCUT2D eigenvalue weighted by Crippen LogP contribution is 2.26. The minimum absolute atomic E-state index is 0.238. The quantitative estimate of drug-likeness (QED) is 0.883. The van der Waals surface area contributed by atoms with Gasteiger partial charge in [0.05, 0.1) is 5.41 Å². The minimum Gasteiger partial charge on any atom is -0.341 e. The molecular weight excluding hydrogens is 236 g/mol. The van der Waals surface area contributed by atoms with Gasteiger partial charge in [0.1, 0.15) is 0 Å². The monoisotopic (exact) mass is 260 g/mol. The molecule has 19 heavy (non-hydrogen) atoms. The molecule has 1 saturated heterocycles. The SMILES string of the molecule is Cc1cccc(C(C)(C)C(=O)N2CCCNCC2)c1. The fourth-order valence-electron chi connectivity index (χ4n) is 2.60. The molecule has 1 aromatic rings. The van der Waals surface area contributed by atoms with Crippen LogP contribution in [0.4, 0.5) is 0 Å². The standard InChI is InChI=1S/C16H24N2O/c1-13-6-4-7-14(12-13)16(2,3)15(19)18-10-5-8-17-9-11-18/h4,6-7,12,17H,5,8-11H2,1-3H3. The van der Waals surface area contributed by atoms with Crippen molar-refractivity contribution in [3.63, 3.8) is 0 Å². The average Bonchev–Trinajstić information content (AvgIpc) is 2.66. The van der Waals surface area contributed by atoms with Gasteiger partial charge >= 0.3 is 0 Å². The van der Waals surface area contributed by atoms with Crippen molar-refractivity contribution in [1.29, 1.82) is 0 Å². The maximum Gasteiger partial charge on any atom is 0.232 e. The van der Waals surface area contributed by atoms with Crippen LogP contribution < -0.4 is 5.32 Å². The second-order valence-corrected chi connectivity index (χ2v) is 5.89. The van der Waals surface area contributed by atoms with E-state index < -0.39 is 5.41 Å². The molecule has 104 valence electrons. The molecule has 0 bridgehead atoms. The molecule has 0 radical (unpaired) electrons. The Labute approximate surface area is 116 Å². The van der Waals surface area contributed by atoms with Crippen LogP contribution >= 0.6 is 0 Å². The van der Waals surface area contributed by atoms with E-state index in [1.54, 1.807) is 0 Å². The lowest BCUT2D eigenvalue weighted by Gasteiger charge is -2.31. The number of nitrogens with one attached hydrogen (secondary N) is 1. The molecule has 0 atom stereocenters. The second kappa shape index (κ2) is 5.74. The van der Waals surface area contributed by atoms with Gasteiger partial charge in [-0.25, -0.2) is 0 Å². The van der Waals surface area contributed by atoms with Crippen LogP contribution in [0, 0.1) is 6.92 Å². The van der Waals surface area contributed by atoms with Crippen LogP contribution in [0.15, 0.2) is 24.3 Å². The summed E-state index contributed by atoms with van der Waals surface area (Å²) in [7, 11) is 0. The molecule has 0 aliphatic carbocycles. The van der Waals surface area contributed by atoms with Crippen molar-refractivity contribution >= 4 is 5.91 Å². The Balaban J connectivity index is 2.20.